The van der Waals surface area contributed by atoms with Crippen molar-refractivity contribution in [1.82, 2.24) is 9.80 Å². The SMILES string of the molecule is C=C(C)CCCN1C(=O)C(C)(C)C(=O)N(C)C1=S. The number of carbonyl (C=O) groups is 2. The molecule has 0 N–H and O–H groups in total. The third kappa shape index (κ3) is 2.61. The minimum atomic E-state index is -1.03. The normalized spacial score (nSPS) is 19.4. The van der Waals surface area contributed by atoms with E-state index >= 15 is 0 Å². The molecule has 5 heteroatoms. The molecule has 0 atom stereocenters. The molecule has 2 amide bonds. The Morgan fingerprint density at radius 2 is 1.89 bits per heavy atom. The van der Waals surface area contributed by atoms with Crippen molar-refractivity contribution < 1.29 is 9.59 Å². The van der Waals surface area contributed by atoms with Gasteiger partial charge in [0.15, 0.2) is 5.11 Å². The molecule has 1 aliphatic heterocycles. The van der Waals surface area contributed by atoms with Crippen LogP contribution in [0.5, 0.6) is 0 Å². The number of amides is 2. The summed E-state index contributed by atoms with van der Waals surface area (Å²) in [6.45, 7) is 9.60. The van der Waals surface area contributed by atoms with Crippen molar-refractivity contribution in [1.29, 1.82) is 0 Å². The second-order valence-electron chi connectivity index (χ2n) is 5.29. The second-order valence-corrected chi connectivity index (χ2v) is 5.65. The smallest absolute Gasteiger partial charge is 0.243 e. The Hall–Kier alpha value is -1.23. The number of hydrogen-bond acceptors (Lipinski definition) is 3. The fourth-order valence-corrected chi connectivity index (χ4v) is 2.20. The summed E-state index contributed by atoms with van der Waals surface area (Å²) in [4.78, 5) is 27.1. The summed E-state index contributed by atoms with van der Waals surface area (Å²) >= 11 is 5.17. The molecular formula is C13H20N2O2S. The van der Waals surface area contributed by atoms with Gasteiger partial charge in [0, 0.05) is 13.6 Å². The zero-order valence-corrected chi connectivity index (χ0v) is 12.3. The van der Waals surface area contributed by atoms with Gasteiger partial charge in [-0.25, -0.2) is 0 Å². The van der Waals surface area contributed by atoms with E-state index in [4.69, 9.17) is 12.2 Å². The van der Waals surface area contributed by atoms with Gasteiger partial charge in [-0.1, -0.05) is 5.57 Å². The van der Waals surface area contributed by atoms with Crippen LogP contribution in [0.3, 0.4) is 0 Å². The Morgan fingerprint density at radius 1 is 1.33 bits per heavy atom. The summed E-state index contributed by atoms with van der Waals surface area (Å²) in [6, 6.07) is 0. The van der Waals surface area contributed by atoms with Crippen LogP contribution < -0.4 is 0 Å². The lowest BCUT2D eigenvalue weighted by Crippen LogP contribution is -2.62. The zero-order valence-electron chi connectivity index (χ0n) is 11.4. The number of allylic oxidation sites excluding steroid dienone is 1. The summed E-state index contributed by atoms with van der Waals surface area (Å²) in [5.74, 6) is -0.453. The molecule has 100 valence electrons. The summed E-state index contributed by atoms with van der Waals surface area (Å²) in [5.41, 5.74) is 0.0503. The molecule has 0 aromatic carbocycles. The molecule has 1 heterocycles. The van der Waals surface area contributed by atoms with Crippen LogP contribution in [-0.2, 0) is 9.59 Å². The number of thiocarbonyl (C=S) groups is 1. The average molecular weight is 268 g/mol. The third-order valence-electron chi connectivity index (χ3n) is 3.12. The van der Waals surface area contributed by atoms with Gasteiger partial charge in [-0.05, 0) is 45.8 Å². The predicted octanol–water partition coefficient (Wildman–Crippen LogP) is 1.95. The summed E-state index contributed by atoms with van der Waals surface area (Å²) < 4.78 is 0. The molecule has 1 rings (SSSR count). The zero-order chi connectivity index (χ0) is 14.1. The summed E-state index contributed by atoms with van der Waals surface area (Å²) in [6.07, 6.45) is 1.66. The average Bonchev–Trinajstić information content (AvgIpc) is 2.29. The molecule has 1 fully saturated rings. The van der Waals surface area contributed by atoms with Crippen LogP contribution in [0, 0.1) is 5.41 Å². The fourth-order valence-electron chi connectivity index (χ4n) is 1.94. The van der Waals surface area contributed by atoms with Crippen molar-refractivity contribution in [3.63, 3.8) is 0 Å². The predicted molar refractivity (Wildman–Crippen MR) is 74.9 cm³/mol. The minimum Gasteiger partial charge on any atom is -0.291 e. The number of carbonyl (C=O) groups excluding carboxylic acids is 2. The first-order valence-electron chi connectivity index (χ1n) is 5.98. The standard InChI is InChI=1S/C13H20N2O2S/c1-9(2)7-6-8-15-11(17)13(3,4)10(16)14(5)12(15)18/h1,6-8H2,2-5H3. The van der Waals surface area contributed by atoms with Gasteiger partial charge in [-0.15, -0.1) is 6.58 Å². The van der Waals surface area contributed by atoms with Crippen LogP contribution >= 0.6 is 12.2 Å². The van der Waals surface area contributed by atoms with Crippen LogP contribution in [0.2, 0.25) is 0 Å². The fraction of sp³-hybridized carbons (Fsp3) is 0.615. The van der Waals surface area contributed by atoms with Crippen molar-refractivity contribution in [2.75, 3.05) is 13.6 Å². The van der Waals surface area contributed by atoms with Gasteiger partial charge < -0.3 is 0 Å². The van der Waals surface area contributed by atoms with E-state index in [1.807, 2.05) is 6.92 Å². The molecule has 0 bridgehead atoms. The van der Waals surface area contributed by atoms with Crippen LogP contribution in [0.25, 0.3) is 0 Å². The van der Waals surface area contributed by atoms with Crippen LogP contribution in [0.4, 0.5) is 0 Å². The first-order valence-corrected chi connectivity index (χ1v) is 6.39. The topological polar surface area (TPSA) is 40.6 Å². The highest BCUT2D eigenvalue weighted by Crippen LogP contribution is 2.28. The van der Waals surface area contributed by atoms with E-state index in [1.165, 1.54) is 9.80 Å². The largest absolute Gasteiger partial charge is 0.291 e. The molecule has 0 spiro atoms. The van der Waals surface area contributed by atoms with Crippen molar-refractivity contribution in [3.8, 4) is 0 Å². The number of rotatable bonds is 4. The van der Waals surface area contributed by atoms with Crippen LogP contribution in [0.1, 0.15) is 33.6 Å². The van der Waals surface area contributed by atoms with Crippen LogP contribution in [0.15, 0.2) is 12.2 Å². The van der Waals surface area contributed by atoms with E-state index in [9.17, 15) is 9.59 Å². The van der Waals surface area contributed by atoms with Crippen molar-refractivity contribution in [2.24, 2.45) is 5.41 Å². The molecule has 4 nitrogen and oxygen atoms in total. The molecule has 1 aliphatic rings. The molecular weight excluding hydrogens is 248 g/mol. The lowest BCUT2D eigenvalue weighted by molar-refractivity contribution is -0.153. The van der Waals surface area contributed by atoms with Gasteiger partial charge >= 0.3 is 0 Å². The number of hydrogen-bond donors (Lipinski definition) is 0. The molecule has 1 saturated heterocycles. The molecule has 18 heavy (non-hydrogen) atoms. The molecule has 0 unspecified atom stereocenters. The van der Waals surface area contributed by atoms with Gasteiger partial charge in [0.25, 0.3) is 0 Å². The summed E-state index contributed by atoms with van der Waals surface area (Å²) in [7, 11) is 1.62. The number of nitrogens with zero attached hydrogens (tertiary/aromatic N) is 2. The summed E-state index contributed by atoms with van der Waals surface area (Å²) in [5, 5.41) is 0.297. The van der Waals surface area contributed by atoms with E-state index < -0.39 is 5.41 Å². The Morgan fingerprint density at radius 3 is 2.39 bits per heavy atom. The highest BCUT2D eigenvalue weighted by atomic mass is 32.1. The van der Waals surface area contributed by atoms with E-state index in [1.54, 1.807) is 20.9 Å². The molecule has 0 aromatic heterocycles. The Labute approximate surface area is 114 Å². The Kier molecular flexibility index (Phi) is 4.27. The maximum Gasteiger partial charge on any atom is 0.243 e. The maximum absolute atomic E-state index is 12.3. The Balaban J connectivity index is 2.84. The molecule has 0 aliphatic carbocycles. The van der Waals surface area contributed by atoms with Crippen molar-refractivity contribution in [3.05, 3.63) is 12.2 Å². The maximum atomic E-state index is 12.3. The van der Waals surface area contributed by atoms with Gasteiger partial charge in [0.05, 0.1) is 0 Å². The van der Waals surface area contributed by atoms with Crippen molar-refractivity contribution in [2.45, 2.75) is 33.6 Å². The first kappa shape index (κ1) is 14.8. The first-order chi connectivity index (χ1) is 8.19. The van der Waals surface area contributed by atoms with Gasteiger partial charge in [0.2, 0.25) is 11.8 Å². The molecule has 0 aromatic rings. The van der Waals surface area contributed by atoms with Gasteiger partial charge in [-0.2, -0.15) is 0 Å². The van der Waals surface area contributed by atoms with Crippen molar-refractivity contribution >= 4 is 29.1 Å². The van der Waals surface area contributed by atoms with Crippen LogP contribution in [-0.4, -0.2) is 40.3 Å². The minimum absolute atomic E-state index is 0.211. The van der Waals surface area contributed by atoms with Gasteiger partial charge in [-0.3, -0.25) is 19.4 Å². The highest BCUT2D eigenvalue weighted by Gasteiger charge is 2.48. The van der Waals surface area contributed by atoms with E-state index in [0.717, 1.165) is 18.4 Å². The second kappa shape index (κ2) is 5.18. The monoisotopic (exact) mass is 268 g/mol. The van der Waals surface area contributed by atoms with E-state index in [0.29, 0.717) is 11.7 Å². The third-order valence-corrected chi connectivity index (χ3v) is 3.62. The molecule has 0 radical (unpaired) electrons. The lowest BCUT2D eigenvalue weighted by atomic mass is 9.88. The van der Waals surface area contributed by atoms with Gasteiger partial charge in [0.1, 0.15) is 5.41 Å². The highest BCUT2D eigenvalue weighted by molar-refractivity contribution is 7.80. The molecule has 0 saturated carbocycles. The Bertz CT molecular complexity index is 415. The quantitative estimate of drug-likeness (QED) is 0.444. The van der Waals surface area contributed by atoms with E-state index in [2.05, 4.69) is 6.58 Å². The lowest BCUT2D eigenvalue weighted by Gasteiger charge is -2.41. The van der Waals surface area contributed by atoms with E-state index in [-0.39, 0.29) is 11.8 Å².